The molecule has 0 unspecified atom stereocenters. The van der Waals surface area contributed by atoms with E-state index >= 15 is 0 Å². The molecule has 2 heterocycles. The topological polar surface area (TPSA) is 32.8 Å². The Bertz CT molecular complexity index is 575. The van der Waals surface area contributed by atoms with E-state index in [1.165, 1.54) is 31.2 Å². The van der Waals surface area contributed by atoms with Crippen LogP contribution >= 0.6 is 0 Å². The minimum absolute atomic E-state index is 0.334. The molecule has 0 N–H and O–H groups in total. The first-order valence-electron chi connectivity index (χ1n) is 9.90. The van der Waals surface area contributed by atoms with Gasteiger partial charge in [0.25, 0.3) is 0 Å². The number of nitrogens with zero attached hydrogens (tertiary/aromatic N) is 2. The summed E-state index contributed by atoms with van der Waals surface area (Å²) < 4.78 is 5.51. The Balaban J connectivity index is 1.27. The van der Waals surface area contributed by atoms with Gasteiger partial charge in [-0.25, -0.2) is 0 Å². The highest BCUT2D eigenvalue weighted by Crippen LogP contribution is 2.51. The fourth-order valence-corrected chi connectivity index (χ4v) is 4.98. The number of amides is 1. The van der Waals surface area contributed by atoms with Gasteiger partial charge in [0.05, 0.1) is 13.2 Å². The lowest BCUT2D eigenvalue weighted by molar-refractivity contribution is -0.139. The zero-order valence-electron chi connectivity index (χ0n) is 15.2. The summed E-state index contributed by atoms with van der Waals surface area (Å²) in [6.45, 7) is 5.86. The number of morpholine rings is 1. The summed E-state index contributed by atoms with van der Waals surface area (Å²) in [6.07, 6.45) is 6.56. The molecule has 0 radical (unpaired) electrons. The highest BCUT2D eigenvalue weighted by Gasteiger charge is 2.50. The third-order valence-electron chi connectivity index (χ3n) is 6.69. The number of carbonyl (C=O) groups excluding carboxylic acids is 1. The molecular weight excluding hydrogens is 312 g/mol. The number of hydrogen-bond acceptors (Lipinski definition) is 3. The summed E-state index contributed by atoms with van der Waals surface area (Å²) >= 11 is 0. The van der Waals surface area contributed by atoms with Crippen LogP contribution in [0.5, 0.6) is 0 Å². The standard InChI is InChI=1S/C21H30N2O2/c24-20(7-6-18-4-2-1-3-5-18)23-12-10-21(11-13-23)9-8-19(21)22-14-16-25-17-15-22/h1-5,19H,6-17H2/t19-/m0/s1. The lowest BCUT2D eigenvalue weighted by atomic mass is 9.58. The minimum Gasteiger partial charge on any atom is -0.379 e. The van der Waals surface area contributed by atoms with E-state index in [-0.39, 0.29) is 0 Å². The van der Waals surface area contributed by atoms with Crippen molar-refractivity contribution in [2.45, 2.75) is 44.6 Å². The van der Waals surface area contributed by atoms with Gasteiger partial charge < -0.3 is 9.64 Å². The van der Waals surface area contributed by atoms with Gasteiger partial charge in [0.2, 0.25) is 5.91 Å². The van der Waals surface area contributed by atoms with Crippen molar-refractivity contribution in [3.63, 3.8) is 0 Å². The monoisotopic (exact) mass is 342 g/mol. The zero-order valence-corrected chi connectivity index (χ0v) is 15.2. The van der Waals surface area contributed by atoms with Crippen LogP contribution < -0.4 is 0 Å². The molecule has 3 fully saturated rings. The van der Waals surface area contributed by atoms with Gasteiger partial charge in [-0.05, 0) is 43.1 Å². The fourth-order valence-electron chi connectivity index (χ4n) is 4.98. The minimum atomic E-state index is 0.334. The van der Waals surface area contributed by atoms with E-state index in [9.17, 15) is 4.79 Å². The molecule has 1 spiro atoms. The lowest BCUT2D eigenvalue weighted by Gasteiger charge is -2.58. The van der Waals surface area contributed by atoms with Gasteiger partial charge >= 0.3 is 0 Å². The van der Waals surface area contributed by atoms with Crippen molar-refractivity contribution in [1.29, 1.82) is 0 Å². The first-order chi connectivity index (χ1) is 12.3. The first kappa shape index (κ1) is 17.0. The lowest BCUT2D eigenvalue weighted by Crippen LogP contribution is -2.61. The summed E-state index contributed by atoms with van der Waals surface area (Å²) in [6, 6.07) is 11.1. The van der Waals surface area contributed by atoms with E-state index < -0.39 is 0 Å². The summed E-state index contributed by atoms with van der Waals surface area (Å²) in [5, 5.41) is 0. The summed E-state index contributed by atoms with van der Waals surface area (Å²) in [4.78, 5) is 17.3. The molecule has 136 valence electrons. The summed E-state index contributed by atoms with van der Waals surface area (Å²) in [7, 11) is 0. The predicted octanol–water partition coefficient (Wildman–Crippen LogP) is 2.72. The molecular formula is C21H30N2O2. The molecule has 1 aromatic rings. The molecule has 1 atom stereocenters. The third-order valence-corrected chi connectivity index (χ3v) is 6.69. The van der Waals surface area contributed by atoms with Crippen molar-refractivity contribution < 1.29 is 9.53 Å². The van der Waals surface area contributed by atoms with Gasteiger partial charge in [-0.2, -0.15) is 0 Å². The maximum atomic E-state index is 12.6. The average molecular weight is 342 g/mol. The van der Waals surface area contributed by atoms with Crippen molar-refractivity contribution in [2.24, 2.45) is 5.41 Å². The normalized spacial score (nSPS) is 26.4. The third kappa shape index (κ3) is 3.61. The fraction of sp³-hybridized carbons (Fsp3) is 0.667. The molecule has 1 amide bonds. The van der Waals surface area contributed by atoms with Crippen LogP contribution in [0.2, 0.25) is 0 Å². The SMILES string of the molecule is O=C(CCc1ccccc1)N1CCC2(CC[C@@H]2N2CCOCC2)CC1. The highest BCUT2D eigenvalue weighted by atomic mass is 16.5. The van der Waals surface area contributed by atoms with E-state index in [4.69, 9.17) is 4.74 Å². The Morgan fingerprint density at radius 2 is 1.76 bits per heavy atom. The molecule has 0 aromatic heterocycles. The highest BCUT2D eigenvalue weighted by molar-refractivity contribution is 5.76. The molecule has 25 heavy (non-hydrogen) atoms. The van der Waals surface area contributed by atoms with Gasteiger partial charge in [0.1, 0.15) is 0 Å². The van der Waals surface area contributed by atoms with Crippen molar-refractivity contribution in [2.75, 3.05) is 39.4 Å². The van der Waals surface area contributed by atoms with Crippen LogP contribution in [0.25, 0.3) is 0 Å². The zero-order chi connectivity index (χ0) is 17.1. The Labute approximate surface area is 151 Å². The second-order valence-corrected chi connectivity index (χ2v) is 7.93. The second-order valence-electron chi connectivity index (χ2n) is 7.93. The number of carbonyl (C=O) groups is 1. The van der Waals surface area contributed by atoms with E-state index in [1.54, 1.807) is 0 Å². The number of hydrogen-bond donors (Lipinski definition) is 0. The molecule has 4 nitrogen and oxygen atoms in total. The van der Waals surface area contributed by atoms with Crippen molar-refractivity contribution in [1.82, 2.24) is 9.80 Å². The van der Waals surface area contributed by atoms with Gasteiger partial charge in [-0.15, -0.1) is 0 Å². The summed E-state index contributed by atoms with van der Waals surface area (Å²) in [5.74, 6) is 0.334. The van der Waals surface area contributed by atoms with Gasteiger partial charge in [-0.3, -0.25) is 9.69 Å². The Kier molecular flexibility index (Phi) is 5.09. The summed E-state index contributed by atoms with van der Waals surface area (Å²) in [5.41, 5.74) is 1.74. The van der Waals surface area contributed by atoms with Gasteiger partial charge in [0.15, 0.2) is 0 Å². The largest absolute Gasteiger partial charge is 0.379 e. The maximum absolute atomic E-state index is 12.6. The number of benzene rings is 1. The molecule has 2 saturated heterocycles. The van der Waals surface area contributed by atoms with Gasteiger partial charge in [0, 0.05) is 38.6 Å². The number of likely N-dealkylation sites (tertiary alicyclic amines) is 1. The number of piperidine rings is 1. The predicted molar refractivity (Wildman–Crippen MR) is 98.4 cm³/mol. The Morgan fingerprint density at radius 1 is 1.04 bits per heavy atom. The Hall–Kier alpha value is -1.39. The van der Waals surface area contributed by atoms with Crippen molar-refractivity contribution in [3.8, 4) is 0 Å². The molecule has 1 saturated carbocycles. The van der Waals surface area contributed by atoms with Crippen LogP contribution in [-0.4, -0.2) is 61.1 Å². The molecule has 0 bridgehead atoms. The molecule has 4 rings (SSSR count). The molecule has 2 aliphatic heterocycles. The van der Waals surface area contributed by atoms with Crippen LogP contribution in [0.3, 0.4) is 0 Å². The van der Waals surface area contributed by atoms with Crippen molar-refractivity contribution in [3.05, 3.63) is 35.9 Å². The molecule has 1 aliphatic carbocycles. The van der Waals surface area contributed by atoms with E-state index in [0.29, 0.717) is 17.7 Å². The van der Waals surface area contributed by atoms with E-state index in [0.717, 1.165) is 51.9 Å². The molecule has 3 aliphatic rings. The molecule has 4 heteroatoms. The number of ether oxygens (including phenoxy) is 1. The average Bonchev–Trinajstić information content (AvgIpc) is 2.67. The van der Waals surface area contributed by atoms with Crippen molar-refractivity contribution >= 4 is 5.91 Å². The second kappa shape index (κ2) is 7.46. The van der Waals surface area contributed by atoms with E-state index in [1.807, 2.05) is 18.2 Å². The van der Waals surface area contributed by atoms with Crippen LogP contribution in [0.4, 0.5) is 0 Å². The Morgan fingerprint density at radius 3 is 2.40 bits per heavy atom. The van der Waals surface area contributed by atoms with E-state index in [2.05, 4.69) is 21.9 Å². The quantitative estimate of drug-likeness (QED) is 0.843. The smallest absolute Gasteiger partial charge is 0.222 e. The van der Waals surface area contributed by atoms with Crippen LogP contribution in [-0.2, 0) is 16.0 Å². The molecule has 1 aromatic carbocycles. The number of aryl methyl sites for hydroxylation is 1. The number of rotatable bonds is 4. The first-order valence-corrected chi connectivity index (χ1v) is 9.90. The van der Waals surface area contributed by atoms with Crippen LogP contribution in [0.15, 0.2) is 30.3 Å². The maximum Gasteiger partial charge on any atom is 0.222 e. The van der Waals surface area contributed by atoms with Gasteiger partial charge in [-0.1, -0.05) is 30.3 Å². The van der Waals surface area contributed by atoms with Crippen LogP contribution in [0, 0.1) is 5.41 Å². The van der Waals surface area contributed by atoms with Crippen LogP contribution in [0.1, 0.15) is 37.7 Å².